The molecule has 0 aliphatic heterocycles. The van der Waals surface area contributed by atoms with E-state index in [-0.39, 0.29) is 27.6 Å². The number of amides is 3. The van der Waals surface area contributed by atoms with Crippen molar-refractivity contribution in [1.29, 1.82) is 0 Å². The van der Waals surface area contributed by atoms with Crippen molar-refractivity contribution in [1.82, 2.24) is 5.32 Å². The van der Waals surface area contributed by atoms with E-state index < -0.39 is 27.9 Å². The van der Waals surface area contributed by atoms with Gasteiger partial charge in [0.2, 0.25) is 0 Å². The van der Waals surface area contributed by atoms with Crippen LogP contribution in [0.5, 0.6) is 0 Å². The maximum atomic E-state index is 12.6. The van der Waals surface area contributed by atoms with Gasteiger partial charge in [-0.1, -0.05) is 15.9 Å². The first kappa shape index (κ1) is 24.4. The van der Waals surface area contributed by atoms with E-state index in [1.807, 2.05) is 0 Å². The largest absolute Gasteiger partial charge is 0.450 e. The Labute approximate surface area is 202 Å². The van der Waals surface area contributed by atoms with E-state index in [1.165, 1.54) is 30.3 Å². The Kier molecular flexibility index (Phi) is 7.84. The minimum atomic E-state index is -3.84. The van der Waals surface area contributed by atoms with Crippen molar-refractivity contribution < 1.29 is 27.5 Å². The summed E-state index contributed by atoms with van der Waals surface area (Å²) in [7, 11) is -3.84. The summed E-state index contributed by atoms with van der Waals surface area (Å²) in [6.07, 6.45) is -0.889. The third-order valence-electron chi connectivity index (χ3n) is 4.15. The maximum Gasteiger partial charge on any atom is 0.414 e. The fourth-order valence-electron chi connectivity index (χ4n) is 2.60. The summed E-state index contributed by atoms with van der Waals surface area (Å²) in [5.74, 6) is -1.27. The van der Waals surface area contributed by atoms with Crippen LogP contribution in [0.1, 0.15) is 27.6 Å². The number of hydrogen-bond acceptors (Lipinski definition) is 7. The molecule has 0 bridgehead atoms. The summed E-state index contributed by atoms with van der Waals surface area (Å²) in [6, 6.07) is 13.4. The van der Waals surface area contributed by atoms with Gasteiger partial charge in [-0.15, -0.1) is 11.3 Å². The molecule has 0 aliphatic carbocycles. The van der Waals surface area contributed by atoms with Crippen molar-refractivity contribution in [2.75, 3.05) is 16.6 Å². The number of rotatable bonds is 7. The molecule has 0 fully saturated rings. The van der Waals surface area contributed by atoms with E-state index in [2.05, 4.69) is 36.0 Å². The monoisotopic (exact) mass is 551 g/mol. The van der Waals surface area contributed by atoms with Crippen LogP contribution in [0.4, 0.5) is 15.5 Å². The van der Waals surface area contributed by atoms with Gasteiger partial charge in [0.05, 0.1) is 17.1 Å². The Morgan fingerprint density at radius 1 is 0.970 bits per heavy atom. The summed E-state index contributed by atoms with van der Waals surface area (Å²) < 4.78 is 33.1. The van der Waals surface area contributed by atoms with Crippen molar-refractivity contribution in [2.24, 2.45) is 0 Å². The van der Waals surface area contributed by atoms with E-state index in [0.717, 1.165) is 15.8 Å². The third kappa shape index (κ3) is 6.40. The lowest BCUT2D eigenvalue weighted by atomic mass is 10.2. The smallest absolute Gasteiger partial charge is 0.414 e. The molecule has 0 radical (unpaired) electrons. The SMILES string of the molecule is CCOC(=O)NC(=O)c1ccsc1NC(=O)c1ccc(S(=O)(=O)Nc2ccc(Br)cc2)cc1. The van der Waals surface area contributed by atoms with Crippen LogP contribution in [0.25, 0.3) is 0 Å². The van der Waals surface area contributed by atoms with E-state index in [9.17, 15) is 22.8 Å². The normalized spacial score (nSPS) is 10.8. The van der Waals surface area contributed by atoms with Crippen LogP contribution in [0.15, 0.2) is 69.3 Å². The first-order chi connectivity index (χ1) is 15.7. The Bertz CT molecular complexity index is 1270. The first-order valence-corrected chi connectivity index (χ1v) is 12.6. The van der Waals surface area contributed by atoms with Crippen molar-refractivity contribution in [3.63, 3.8) is 0 Å². The van der Waals surface area contributed by atoms with Crippen LogP contribution < -0.4 is 15.4 Å². The molecule has 0 unspecified atom stereocenters. The highest BCUT2D eigenvalue weighted by Gasteiger charge is 2.19. The quantitative estimate of drug-likeness (QED) is 0.397. The predicted molar refractivity (Wildman–Crippen MR) is 128 cm³/mol. The highest BCUT2D eigenvalue weighted by atomic mass is 79.9. The van der Waals surface area contributed by atoms with E-state index >= 15 is 0 Å². The van der Waals surface area contributed by atoms with Gasteiger partial charge in [0.25, 0.3) is 21.8 Å². The van der Waals surface area contributed by atoms with Crippen molar-refractivity contribution in [3.05, 3.63) is 75.6 Å². The molecule has 3 aromatic rings. The number of nitrogens with one attached hydrogen (secondary N) is 3. The number of alkyl carbamates (subject to hydrolysis) is 1. The third-order valence-corrected chi connectivity index (χ3v) is 6.91. The number of halogens is 1. The summed E-state index contributed by atoms with van der Waals surface area (Å²) in [5.41, 5.74) is 0.674. The molecular formula is C21H18BrN3O6S2. The molecule has 3 N–H and O–H groups in total. The number of hydrogen-bond donors (Lipinski definition) is 3. The lowest BCUT2D eigenvalue weighted by Gasteiger charge is -2.10. The molecule has 0 atom stereocenters. The topological polar surface area (TPSA) is 131 Å². The van der Waals surface area contributed by atoms with Crippen LogP contribution in [-0.2, 0) is 14.8 Å². The number of sulfonamides is 1. The fraction of sp³-hybridized carbons (Fsp3) is 0.0952. The van der Waals surface area contributed by atoms with Gasteiger partial charge in [0, 0.05) is 15.7 Å². The van der Waals surface area contributed by atoms with Crippen LogP contribution in [0.3, 0.4) is 0 Å². The van der Waals surface area contributed by atoms with Gasteiger partial charge in [0.15, 0.2) is 0 Å². The lowest BCUT2D eigenvalue weighted by Crippen LogP contribution is -2.31. The molecule has 33 heavy (non-hydrogen) atoms. The van der Waals surface area contributed by atoms with Crippen LogP contribution >= 0.6 is 27.3 Å². The molecule has 0 spiro atoms. The fourth-order valence-corrected chi connectivity index (χ4v) is 4.71. The number of ether oxygens (including phenoxy) is 1. The van der Waals surface area contributed by atoms with E-state index in [4.69, 9.17) is 0 Å². The molecule has 3 rings (SSSR count). The van der Waals surface area contributed by atoms with Crippen molar-refractivity contribution >= 4 is 65.9 Å². The van der Waals surface area contributed by atoms with Gasteiger partial charge in [-0.2, -0.15) is 0 Å². The standard InChI is InChI=1S/C21H18BrN3O6S2/c1-2-31-21(28)24-19(27)17-11-12-32-20(17)23-18(26)13-3-9-16(10-4-13)33(29,30)25-15-7-5-14(22)6-8-15/h3-12,25H,2H2,1H3,(H,23,26)(H,24,27,28). The van der Waals surface area contributed by atoms with Gasteiger partial charge in [-0.3, -0.25) is 19.6 Å². The molecule has 1 heterocycles. The molecule has 2 aromatic carbocycles. The van der Waals surface area contributed by atoms with E-state index in [1.54, 1.807) is 36.6 Å². The van der Waals surface area contributed by atoms with E-state index in [0.29, 0.717) is 5.69 Å². The summed E-state index contributed by atoms with van der Waals surface area (Å²) >= 11 is 4.38. The maximum absolute atomic E-state index is 12.6. The highest BCUT2D eigenvalue weighted by molar-refractivity contribution is 9.10. The van der Waals surface area contributed by atoms with Gasteiger partial charge >= 0.3 is 6.09 Å². The van der Waals surface area contributed by atoms with Crippen LogP contribution in [-0.4, -0.2) is 32.9 Å². The van der Waals surface area contributed by atoms with Crippen molar-refractivity contribution in [3.8, 4) is 0 Å². The van der Waals surface area contributed by atoms with Gasteiger partial charge < -0.3 is 10.1 Å². The molecule has 172 valence electrons. The van der Waals surface area contributed by atoms with Crippen LogP contribution in [0.2, 0.25) is 0 Å². The predicted octanol–water partition coefficient (Wildman–Crippen LogP) is 4.45. The Morgan fingerprint density at radius 3 is 2.27 bits per heavy atom. The summed E-state index contributed by atoms with van der Waals surface area (Å²) in [5, 5.41) is 6.47. The minimum Gasteiger partial charge on any atom is -0.450 e. The zero-order valence-corrected chi connectivity index (χ0v) is 20.3. The average Bonchev–Trinajstić information content (AvgIpc) is 3.23. The molecule has 9 nitrogen and oxygen atoms in total. The average molecular weight is 552 g/mol. The number of imide groups is 1. The number of carbonyl (C=O) groups is 3. The van der Waals surface area contributed by atoms with Gasteiger partial charge in [-0.25, -0.2) is 13.2 Å². The zero-order valence-electron chi connectivity index (χ0n) is 17.1. The Morgan fingerprint density at radius 2 is 1.64 bits per heavy atom. The molecule has 3 amide bonds. The summed E-state index contributed by atoms with van der Waals surface area (Å²) in [4.78, 5) is 36.3. The van der Waals surface area contributed by atoms with Crippen LogP contribution in [0, 0.1) is 0 Å². The molecule has 1 aromatic heterocycles. The second kappa shape index (κ2) is 10.6. The van der Waals surface area contributed by atoms with Gasteiger partial charge in [0.1, 0.15) is 5.00 Å². The highest BCUT2D eigenvalue weighted by Crippen LogP contribution is 2.24. The lowest BCUT2D eigenvalue weighted by molar-refractivity contribution is 0.0926. The molecule has 0 saturated heterocycles. The zero-order chi connectivity index (χ0) is 24.0. The second-order valence-corrected chi connectivity index (χ2v) is 9.94. The molecule has 12 heteroatoms. The Balaban J connectivity index is 1.69. The number of thiophene rings is 1. The number of carbonyl (C=O) groups excluding carboxylic acids is 3. The second-order valence-electron chi connectivity index (χ2n) is 6.43. The number of benzene rings is 2. The molecule has 0 aliphatic rings. The molecular weight excluding hydrogens is 534 g/mol. The number of anilines is 2. The van der Waals surface area contributed by atoms with Gasteiger partial charge in [-0.05, 0) is 66.9 Å². The van der Waals surface area contributed by atoms with Crippen molar-refractivity contribution in [2.45, 2.75) is 11.8 Å². The Hall–Kier alpha value is -3.22. The summed E-state index contributed by atoms with van der Waals surface area (Å²) in [6.45, 7) is 1.71. The first-order valence-electron chi connectivity index (χ1n) is 9.45. The minimum absolute atomic E-state index is 0.0207. The molecule has 0 saturated carbocycles.